The summed E-state index contributed by atoms with van der Waals surface area (Å²) in [7, 11) is 1.67. The second-order valence-electron chi connectivity index (χ2n) is 9.22. The highest BCUT2D eigenvalue weighted by atomic mass is 16.5. The summed E-state index contributed by atoms with van der Waals surface area (Å²) in [5.74, 6) is -0.134. The van der Waals surface area contributed by atoms with Crippen LogP contribution < -0.4 is 0 Å². The summed E-state index contributed by atoms with van der Waals surface area (Å²) < 4.78 is 17.4. The molecule has 5 rings (SSSR count). The predicted molar refractivity (Wildman–Crippen MR) is 136 cm³/mol. The summed E-state index contributed by atoms with van der Waals surface area (Å²) in [4.78, 5) is 11.2. The number of methoxy groups -OCH3 is 1. The van der Waals surface area contributed by atoms with Crippen LogP contribution in [-0.4, -0.2) is 29.9 Å². The molecule has 1 aliphatic rings. The van der Waals surface area contributed by atoms with Crippen LogP contribution in [-0.2, 0) is 20.9 Å². The first-order valence-corrected chi connectivity index (χ1v) is 12.1. The minimum absolute atomic E-state index is 0.137. The monoisotopic (exact) mass is 483 g/mol. The van der Waals surface area contributed by atoms with Gasteiger partial charge in [0.05, 0.1) is 30.4 Å². The van der Waals surface area contributed by atoms with Crippen molar-refractivity contribution in [3.05, 3.63) is 101 Å². The van der Waals surface area contributed by atoms with E-state index in [0.717, 1.165) is 45.5 Å². The maximum atomic E-state index is 11.2. The van der Waals surface area contributed by atoms with Gasteiger partial charge in [-0.25, -0.2) is 0 Å². The lowest BCUT2D eigenvalue weighted by Crippen LogP contribution is -2.11. The third-order valence-electron chi connectivity index (χ3n) is 6.82. The van der Waals surface area contributed by atoms with Gasteiger partial charge in [0.2, 0.25) is 0 Å². The first-order chi connectivity index (χ1) is 17.5. The zero-order valence-electron chi connectivity index (χ0n) is 20.4. The molecule has 0 radical (unpaired) electrons. The van der Waals surface area contributed by atoms with Crippen molar-refractivity contribution >= 4 is 5.97 Å². The molecule has 1 N–H and O–H groups in total. The van der Waals surface area contributed by atoms with E-state index in [2.05, 4.69) is 29.4 Å². The molecule has 1 heterocycles. The van der Waals surface area contributed by atoms with Crippen LogP contribution in [0.1, 0.15) is 40.8 Å². The molecule has 4 aromatic rings. The van der Waals surface area contributed by atoms with Crippen LogP contribution >= 0.6 is 0 Å². The van der Waals surface area contributed by atoms with Gasteiger partial charge in [-0.3, -0.25) is 4.79 Å². The maximum absolute atomic E-state index is 11.2. The van der Waals surface area contributed by atoms with Crippen molar-refractivity contribution in [2.45, 2.75) is 32.0 Å². The van der Waals surface area contributed by atoms with Crippen molar-refractivity contribution in [1.29, 1.82) is 0 Å². The van der Waals surface area contributed by atoms with E-state index in [-0.39, 0.29) is 17.9 Å². The summed E-state index contributed by atoms with van der Waals surface area (Å²) >= 11 is 0. The lowest BCUT2D eigenvalue weighted by atomic mass is 9.98. The molecule has 0 amide bonds. The number of hydrogen-bond donors (Lipinski definition) is 1. The predicted octanol–water partition coefficient (Wildman–Crippen LogP) is 6.41. The molecule has 1 fully saturated rings. The van der Waals surface area contributed by atoms with Crippen molar-refractivity contribution in [2.24, 2.45) is 5.92 Å². The van der Waals surface area contributed by atoms with Crippen molar-refractivity contribution in [1.82, 2.24) is 5.16 Å². The zero-order valence-corrected chi connectivity index (χ0v) is 20.4. The van der Waals surface area contributed by atoms with Crippen LogP contribution in [0.2, 0.25) is 0 Å². The minimum atomic E-state index is -0.708. The van der Waals surface area contributed by atoms with E-state index in [0.29, 0.717) is 19.0 Å². The zero-order chi connectivity index (χ0) is 25.1. The fourth-order valence-corrected chi connectivity index (χ4v) is 4.66. The lowest BCUT2D eigenvalue weighted by Gasteiger charge is -2.16. The topological polar surface area (TPSA) is 81.8 Å². The van der Waals surface area contributed by atoms with Gasteiger partial charge in [-0.15, -0.1) is 0 Å². The number of benzene rings is 3. The number of carbonyl (C=O) groups is 1. The van der Waals surface area contributed by atoms with E-state index in [1.165, 1.54) is 0 Å². The molecule has 1 aliphatic carbocycles. The Hall–Kier alpha value is -3.74. The standard InChI is InChI=1S/C30H29NO5/c1-19-28(27(34-2)18-35-17-20-6-4-3-5-7-20)29(36-31-19)24-14-10-22(11-15-24)21-8-12-23(13-9-21)25-16-26(25)30(32)33/h3-15,25-27H,16-18H2,1-2H3,(H,32,33). The van der Waals surface area contributed by atoms with Crippen molar-refractivity contribution in [3.8, 4) is 22.5 Å². The highest BCUT2D eigenvalue weighted by Crippen LogP contribution is 2.47. The van der Waals surface area contributed by atoms with Gasteiger partial charge in [-0.2, -0.15) is 0 Å². The summed E-state index contributed by atoms with van der Waals surface area (Å²) in [5, 5.41) is 13.4. The summed E-state index contributed by atoms with van der Waals surface area (Å²) in [6, 6.07) is 26.4. The van der Waals surface area contributed by atoms with Crippen LogP contribution in [0, 0.1) is 12.8 Å². The van der Waals surface area contributed by atoms with Crippen LogP contribution in [0.3, 0.4) is 0 Å². The van der Waals surface area contributed by atoms with E-state index in [1.807, 2.05) is 61.5 Å². The average molecular weight is 484 g/mol. The molecule has 6 nitrogen and oxygen atoms in total. The molecule has 36 heavy (non-hydrogen) atoms. The van der Waals surface area contributed by atoms with Gasteiger partial charge in [0.25, 0.3) is 0 Å². The molecule has 3 atom stereocenters. The number of carboxylic acids is 1. The number of aromatic nitrogens is 1. The minimum Gasteiger partial charge on any atom is -0.481 e. The second-order valence-corrected chi connectivity index (χ2v) is 9.22. The Balaban J connectivity index is 1.29. The highest BCUT2D eigenvalue weighted by Gasteiger charge is 2.44. The lowest BCUT2D eigenvalue weighted by molar-refractivity contribution is -0.138. The highest BCUT2D eigenvalue weighted by molar-refractivity contribution is 5.75. The van der Waals surface area contributed by atoms with Crippen LogP contribution in [0.15, 0.2) is 83.4 Å². The van der Waals surface area contributed by atoms with Gasteiger partial charge in [0.15, 0.2) is 5.76 Å². The molecule has 3 aromatic carbocycles. The number of nitrogens with zero attached hydrogens (tertiary/aromatic N) is 1. The van der Waals surface area contributed by atoms with Crippen molar-refractivity contribution < 1.29 is 23.9 Å². The molecule has 0 aliphatic heterocycles. The Labute approximate surface area is 210 Å². The molecular weight excluding hydrogens is 454 g/mol. The Bertz CT molecular complexity index is 1310. The quantitative estimate of drug-likeness (QED) is 0.281. The van der Waals surface area contributed by atoms with Crippen molar-refractivity contribution in [2.75, 3.05) is 13.7 Å². The Morgan fingerprint density at radius 3 is 2.25 bits per heavy atom. The van der Waals surface area contributed by atoms with E-state index in [9.17, 15) is 9.90 Å². The fraction of sp³-hybridized carbons (Fsp3) is 0.267. The van der Waals surface area contributed by atoms with Crippen LogP contribution in [0.25, 0.3) is 22.5 Å². The molecule has 6 heteroatoms. The summed E-state index contributed by atoms with van der Waals surface area (Å²) in [5.41, 5.74) is 6.93. The van der Waals surface area contributed by atoms with Crippen LogP contribution in [0.4, 0.5) is 0 Å². The molecule has 3 unspecified atom stereocenters. The summed E-state index contributed by atoms with van der Waals surface area (Å²) in [6.45, 7) is 2.80. The van der Waals surface area contributed by atoms with E-state index < -0.39 is 5.97 Å². The van der Waals surface area contributed by atoms with Gasteiger partial charge in [0.1, 0.15) is 6.10 Å². The second kappa shape index (κ2) is 10.5. The number of carboxylic acid groups (broad SMARTS) is 1. The number of aliphatic carboxylic acids is 1. The maximum Gasteiger partial charge on any atom is 0.307 e. The number of hydrogen-bond acceptors (Lipinski definition) is 5. The molecule has 1 aromatic heterocycles. The Kier molecular flexibility index (Phi) is 6.98. The fourth-order valence-electron chi connectivity index (χ4n) is 4.66. The first kappa shape index (κ1) is 24.0. The van der Waals surface area contributed by atoms with E-state index in [1.54, 1.807) is 7.11 Å². The van der Waals surface area contributed by atoms with Gasteiger partial charge >= 0.3 is 5.97 Å². The van der Waals surface area contributed by atoms with Gasteiger partial charge in [0, 0.05) is 12.7 Å². The van der Waals surface area contributed by atoms with E-state index >= 15 is 0 Å². The smallest absolute Gasteiger partial charge is 0.307 e. The normalized spacial score (nSPS) is 17.6. The molecule has 0 saturated heterocycles. The van der Waals surface area contributed by atoms with Crippen LogP contribution in [0.5, 0.6) is 0 Å². The third-order valence-corrected chi connectivity index (χ3v) is 6.82. The largest absolute Gasteiger partial charge is 0.481 e. The number of ether oxygens (including phenoxy) is 2. The molecular formula is C30H29NO5. The van der Waals surface area contributed by atoms with E-state index in [4.69, 9.17) is 14.0 Å². The molecule has 0 bridgehead atoms. The Morgan fingerprint density at radius 1 is 1.00 bits per heavy atom. The van der Waals surface area contributed by atoms with Crippen molar-refractivity contribution in [3.63, 3.8) is 0 Å². The average Bonchev–Trinajstić information content (AvgIpc) is 3.64. The number of rotatable bonds is 10. The van der Waals surface area contributed by atoms with Gasteiger partial charge < -0.3 is 19.1 Å². The molecule has 1 saturated carbocycles. The molecule has 184 valence electrons. The van der Waals surface area contributed by atoms with Gasteiger partial charge in [-0.1, -0.05) is 84.0 Å². The molecule has 0 spiro atoms. The van der Waals surface area contributed by atoms with Gasteiger partial charge in [-0.05, 0) is 41.5 Å². The Morgan fingerprint density at radius 2 is 1.64 bits per heavy atom. The SMILES string of the molecule is COC(COCc1ccccc1)c1c(C)noc1-c1ccc(-c2ccc(C3CC3C(=O)O)cc2)cc1. The summed E-state index contributed by atoms with van der Waals surface area (Å²) in [6.07, 6.45) is 0.418. The number of aryl methyl sites for hydroxylation is 1. The first-order valence-electron chi connectivity index (χ1n) is 12.1. The third kappa shape index (κ3) is 5.10.